The lowest BCUT2D eigenvalue weighted by Gasteiger charge is -2.20. The van der Waals surface area contributed by atoms with E-state index in [1.54, 1.807) is 141 Å². The minimum atomic E-state index is -1.45. The molecule has 566 valence electrons. The molecule has 5 heterocycles. The summed E-state index contributed by atoms with van der Waals surface area (Å²) < 4.78 is 44.0. The minimum Gasteiger partial charge on any atom is -0.464 e. The largest absolute Gasteiger partial charge is 0.488 e. The molecule has 0 spiro atoms. The summed E-state index contributed by atoms with van der Waals surface area (Å²) >= 11 is 33.8. The Kier molecular flexibility index (Phi) is 48.5. The highest BCUT2D eigenvalue weighted by atomic mass is 79.9. The van der Waals surface area contributed by atoms with E-state index in [1.807, 2.05) is 12.1 Å². The van der Waals surface area contributed by atoms with Crippen LogP contribution in [0.3, 0.4) is 0 Å². The van der Waals surface area contributed by atoms with Gasteiger partial charge in [0.25, 0.3) is 0 Å². The molecule has 26 nitrogen and oxygen atoms in total. The van der Waals surface area contributed by atoms with Crippen molar-refractivity contribution < 1.29 is 86.3 Å². The van der Waals surface area contributed by atoms with Crippen LogP contribution in [-0.2, 0) is 132 Å². The Labute approximate surface area is 683 Å². The van der Waals surface area contributed by atoms with Gasteiger partial charge < -0.3 is 57.9 Å². The lowest BCUT2D eigenvalue weighted by molar-refractivity contribution is 0.0482. The van der Waals surface area contributed by atoms with Crippen molar-refractivity contribution in [3.05, 3.63) is 210 Å². The lowest BCUT2D eigenvalue weighted by atomic mass is 9.80. The maximum absolute atomic E-state index is 12.3. The first-order valence-electron chi connectivity index (χ1n) is 28.9. The number of benzene rings is 3. The molecule has 0 radical (unpaired) electrons. The zero-order valence-electron chi connectivity index (χ0n) is 58.7. The number of nitrogens with one attached hydrogen (secondary N) is 2. The van der Waals surface area contributed by atoms with Crippen LogP contribution in [0.4, 0.5) is 31.4 Å². The molecular formula is C66H70BBr3N8O18S10. The van der Waals surface area contributed by atoms with Gasteiger partial charge in [0, 0.05) is 144 Å². The predicted molar refractivity (Wildman–Crippen MR) is 442 cm³/mol. The molecule has 0 aliphatic heterocycles. The standard InChI is InChI=1S/C18H18N2O4.C13H10N2O2.2C11H14BrNO4.C7H6BNO2.C6H6BrNO2.S4.S3.S2.H2S/c1-18(2,3)24-17(22)20-11-13(10-15(20)16(21)23-5)12-6-8-14(19-4)9-7-12;1-14-11-5-3-9(4-6-11)10-7-12(15-8-10)13(16)17-2;2*1-11(2,3)17-10(15)13-6-7(12)5-8(13)9(14)16-4;1-9-7-4-2-6(3-5-7)8(10)11;1-10-6(9)5-2-4(7)3-8-5;1-3-4-2;1-3-2;1-2;/h6-11H,1-3,5H3;3-8,15H,2H3;2*5-6H,1-4H3;2-5,10-11H;2-3,8H,1H3;;;;1H2. The van der Waals surface area contributed by atoms with Crippen molar-refractivity contribution in [3.63, 3.8) is 0 Å². The van der Waals surface area contributed by atoms with Gasteiger partial charge in [0.05, 0.1) is 55.3 Å². The van der Waals surface area contributed by atoms with Crippen molar-refractivity contribution in [2.45, 2.75) is 79.1 Å². The van der Waals surface area contributed by atoms with Gasteiger partial charge in [-0.05, 0) is 163 Å². The molecular weight excluding hydrogens is 1760 g/mol. The molecule has 0 aliphatic carbocycles. The van der Waals surface area contributed by atoms with Crippen molar-refractivity contribution in [2.75, 3.05) is 35.5 Å². The fourth-order valence-electron chi connectivity index (χ4n) is 7.22. The van der Waals surface area contributed by atoms with Gasteiger partial charge >= 0.3 is 55.2 Å². The molecule has 0 unspecified atom stereocenters. The Balaban J connectivity index is 0. The van der Waals surface area contributed by atoms with Gasteiger partial charge in [-0.3, -0.25) is 0 Å². The number of carbonyl (C=O) groups excluding carboxylic acids is 8. The predicted octanol–water partition coefficient (Wildman–Crippen LogP) is 14.5. The summed E-state index contributed by atoms with van der Waals surface area (Å²) in [5.74, 6) is -2.58. The number of ether oxygens (including phenoxy) is 8. The lowest BCUT2D eigenvalue weighted by Crippen LogP contribution is -2.29. The van der Waals surface area contributed by atoms with Crippen LogP contribution >= 0.6 is 61.3 Å². The van der Waals surface area contributed by atoms with Gasteiger partial charge in [-0.25, -0.2) is 66.6 Å². The minimum absolute atomic E-state index is 0. The Bertz CT molecular complexity index is 4400. The molecule has 4 N–H and O–H groups in total. The quantitative estimate of drug-likeness (QED) is 0.0475. The maximum Gasteiger partial charge on any atom is 0.488 e. The van der Waals surface area contributed by atoms with E-state index >= 15 is 0 Å². The van der Waals surface area contributed by atoms with Crippen molar-refractivity contribution >= 4 is 233 Å². The molecule has 0 aliphatic rings. The van der Waals surface area contributed by atoms with Gasteiger partial charge in [-0.1, -0.05) is 72.8 Å². The first kappa shape index (κ1) is 100. The first-order chi connectivity index (χ1) is 49.3. The SMILES string of the molecule is COC(=O)c1cc(Br)c[nH]1.COC(=O)c1cc(Br)cn1C(=O)OC(C)(C)C.COC(=O)c1cc(Br)cn1C(=O)OC(C)(C)C.S.S=S.S=S=S.S=S=S=S.[C-]#[N+]c1ccc(-c2c[nH]c(C(=O)OC)c2)cc1.[C-]#[N+]c1ccc(-c2cc(C(=O)OC)n(C(=O)OC(C)(C)C)c2)cc1.[C-]#[N+]c1ccc(B(O)O)cc1. The molecule has 0 amide bonds. The number of carbonyl (C=O) groups is 8. The summed E-state index contributed by atoms with van der Waals surface area (Å²) in [6, 6.07) is 28.1. The van der Waals surface area contributed by atoms with E-state index in [-0.39, 0.29) is 36.5 Å². The van der Waals surface area contributed by atoms with E-state index < -0.39 is 66.1 Å². The third kappa shape index (κ3) is 37.5. The number of hydrogen-bond donors (Lipinski definition) is 4. The summed E-state index contributed by atoms with van der Waals surface area (Å²) in [5.41, 5.74) is 4.51. The van der Waals surface area contributed by atoms with Crippen LogP contribution < -0.4 is 5.46 Å². The van der Waals surface area contributed by atoms with Crippen molar-refractivity contribution in [2.24, 2.45) is 0 Å². The molecule has 106 heavy (non-hydrogen) atoms. The van der Waals surface area contributed by atoms with Gasteiger partial charge in [0.2, 0.25) is 0 Å². The Hall–Kier alpha value is -7.96. The zero-order chi connectivity index (χ0) is 80.5. The molecule has 0 bridgehead atoms. The average Bonchev–Trinajstić information content (AvgIpc) is 1.67. The van der Waals surface area contributed by atoms with Crippen molar-refractivity contribution in [1.82, 2.24) is 23.7 Å². The van der Waals surface area contributed by atoms with Crippen LogP contribution in [0.2, 0.25) is 0 Å². The van der Waals surface area contributed by atoms with Gasteiger partial charge in [-0.15, -0.1) is 0 Å². The monoisotopic (exact) mass is 1830 g/mol. The van der Waals surface area contributed by atoms with Crippen LogP contribution in [0.5, 0.6) is 0 Å². The summed E-state index contributed by atoms with van der Waals surface area (Å²) in [4.78, 5) is 108. The number of nitrogens with zero attached hydrogens (tertiary/aromatic N) is 6. The Morgan fingerprint density at radius 2 is 0.726 bits per heavy atom. The summed E-state index contributed by atoms with van der Waals surface area (Å²) in [6.07, 6.45) is 5.94. The van der Waals surface area contributed by atoms with Crippen LogP contribution in [0.1, 0.15) is 115 Å². The summed E-state index contributed by atoms with van der Waals surface area (Å²) in [5, 5.41) is 17.3. The molecule has 3 aromatic carbocycles. The maximum atomic E-state index is 12.3. The average molecular weight is 1830 g/mol. The highest BCUT2D eigenvalue weighted by Gasteiger charge is 2.27. The van der Waals surface area contributed by atoms with Crippen molar-refractivity contribution in [3.8, 4) is 22.3 Å². The van der Waals surface area contributed by atoms with E-state index in [1.165, 1.54) is 96.2 Å². The van der Waals surface area contributed by atoms with Crippen molar-refractivity contribution in [1.29, 1.82) is 0 Å². The van der Waals surface area contributed by atoms with E-state index in [0.29, 0.717) is 48.4 Å². The van der Waals surface area contributed by atoms with Gasteiger partial charge in [-0.2, -0.15) is 13.5 Å². The Morgan fingerprint density at radius 1 is 0.434 bits per heavy atom. The van der Waals surface area contributed by atoms with Crippen LogP contribution in [0.15, 0.2) is 148 Å². The van der Waals surface area contributed by atoms with Gasteiger partial charge in [0.15, 0.2) is 17.1 Å². The number of aromatic nitrogens is 5. The number of esters is 5. The Morgan fingerprint density at radius 3 is 1.01 bits per heavy atom. The number of halogens is 3. The number of aromatic amines is 2. The topological polar surface area (TPSA) is 310 Å². The van der Waals surface area contributed by atoms with E-state index in [2.05, 4.69) is 158 Å². The van der Waals surface area contributed by atoms with E-state index in [0.717, 1.165) is 43.7 Å². The second kappa shape index (κ2) is 51.3. The third-order valence-electron chi connectivity index (χ3n) is 11.5. The number of methoxy groups -OCH3 is 5. The molecule has 0 fully saturated rings. The van der Waals surface area contributed by atoms with E-state index in [9.17, 15) is 38.4 Å². The van der Waals surface area contributed by atoms with Crippen LogP contribution in [0.25, 0.3) is 36.8 Å². The zero-order valence-corrected chi connectivity index (χ0v) is 71.8. The first-order valence-corrected chi connectivity index (χ1v) is 39.3. The number of rotatable bonds is 8. The smallest absolute Gasteiger partial charge is 0.464 e. The molecule has 0 atom stereocenters. The fraction of sp³-hybridized carbons (Fsp3) is 0.258. The third-order valence-corrected chi connectivity index (χ3v) is 15.0. The summed E-state index contributed by atoms with van der Waals surface area (Å²) in [7, 11) is 8.25. The van der Waals surface area contributed by atoms with E-state index in [4.69, 9.17) is 48.7 Å². The molecule has 8 aromatic rings. The van der Waals surface area contributed by atoms with Crippen LogP contribution in [0, 0.1) is 19.7 Å². The molecule has 0 saturated heterocycles. The number of H-pyrrole nitrogens is 2. The second-order valence-electron chi connectivity index (χ2n) is 22.3. The molecule has 40 heteroatoms. The number of hydrogen-bond acceptors (Lipinski definition) is 24. The van der Waals surface area contributed by atoms with Gasteiger partial charge in [0.1, 0.15) is 45.3 Å². The normalized spacial score (nSPS) is 9.70. The second-order valence-corrected chi connectivity index (χ2v) is 30.4. The molecule has 8 rings (SSSR count). The molecule has 0 saturated carbocycles. The highest BCUT2D eigenvalue weighted by molar-refractivity contribution is 9.11. The van der Waals surface area contributed by atoms with Crippen LogP contribution in [-0.4, -0.2) is 141 Å². The summed E-state index contributed by atoms with van der Waals surface area (Å²) in [6.45, 7) is 36.2. The highest BCUT2D eigenvalue weighted by Crippen LogP contribution is 2.28. The molecule has 5 aromatic heterocycles. The fourth-order valence-corrected chi connectivity index (χ4v) is 8.40.